The highest BCUT2D eigenvalue weighted by molar-refractivity contribution is 5.90. The molecule has 0 aliphatic carbocycles. The Morgan fingerprint density at radius 3 is 2.39 bits per heavy atom. The average Bonchev–Trinajstić information content (AvgIpc) is 2.81. The van der Waals surface area contributed by atoms with Crippen molar-refractivity contribution in [3.8, 4) is 0 Å². The molecule has 0 atom stereocenters. The second-order valence-corrected chi connectivity index (χ2v) is 7.30. The van der Waals surface area contributed by atoms with Crippen LogP contribution in [0.25, 0.3) is 10.9 Å². The van der Waals surface area contributed by atoms with Crippen LogP contribution in [0.1, 0.15) is 12.0 Å². The number of hydrogen-bond donors (Lipinski definition) is 2. The molecule has 0 unspecified atom stereocenters. The molecule has 1 heterocycles. The zero-order valence-electron chi connectivity index (χ0n) is 17.1. The number of carbonyl (C=O) groups excluding carboxylic acids is 1. The van der Waals surface area contributed by atoms with Gasteiger partial charge in [-0.3, -0.25) is 14.2 Å². The van der Waals surface area contributed by atoms with Crippen molar-refractivity contribution in [3.63, 3.8) is 0 Å². The third kappa shape index (κ3) is 5.36. The zero-order chi connectivity index (χ0) is 21.5. The quantitative estimate of drug-likeness (QED) is 0.457. The fourth-order valence-corrected chi connectivity index (χ4v) is 3.38. The normalized spacial score (nSPS) is 10.7. The molecule has 0 aliphatic heterocycles. The molecule has 0 saturated heterocycles. The Bertz CT molecular complexity index is 1220. The van der Waals surface area contributed by atoms with E-state index < -0.39 is 0 Å². The third-order valence-electron chi connectivity index (χ3n) is 5.07. The SMILES string of the molecule is O=C(CCn1cnc2ccccc2c1=O)Nc1ccc(NCCc2ccccc2)cc1. The largest absolute Gasteiger partial charge is 0.385 e. The van der Waals surface area contributed by atoms with Crippen LogP contribution in [-0.2, 0) is 17.8 Å². The predicted octanol–water partition coefficient (Wildman–Crippen LogP) is 4.08. The summed E-state index contributed by atoms with van der Waals surface area (Å²) in [5, 5.41) is 6.82. The fourth-order valence-electron chi connectivity index (χ4n) is 3.38. The van der Waals surface area contributed by atoms with Crippen molar-refractivity contribution in [2.75, 3.05) is 17.2 Å². The summed E-state index contributed by atoms with van der Waals surface area (Å²) < 4.78 is 1.47. The number of benzene rings is 3. The lowest BCUT2D eigenvalue weighted by atomic mass is 10.1. The van der Waals surface area contributed by atoms with E-state index in [1.807, 2.05) is 54.6 Å². The van der Waals surface area contributed by atoms with Crippen LogP contribution in [0.4, 0.5) is 11.4 Å². The lowest BCUT2D eigenvalue weighted by molar-refractivity contribution is -0.116. The second kappa shape index (κ2) is 9.71. The van der Waals surface area contributed by atoms with E-state index in [1.54, 1.807) is 12.1 Å². The molecule has 6 heteroatoms. The number of nitrogens with zero attached hydrogens (tertiary/aromatic N) is 2. The molecule has 0 spiro atoms. The van der Waals surface area contributed by atoms with Gasteiger partial charge in [0.25, 0.3) is 5.56 Å². The number of hydrogen-bond acceptors (Lipinski definition) is 4. The van der Waals surface area contributed by atoms with E-state index in [-0.39, 0.29) is 24.4 Å². The number of para-hydroxylation sites is 1. The van der Waals surface area contributed by atoms with Crippen molar-refractivity contribution in [2.45, 2.75) is 19.4 Å². The molecular weight excluding hydrogens is 388 g/mol. The van der Waals surface area contributed by atoms with E-state index in [9.17, 15) is 9.59 Å². The summed E-state index contributed by atoms with van der Waals surface area (Å²) in [6, 6.07) is 25.1. The summed E-state index contributed by atoms with van der Waals surface area (Å²) in [5.74, 6) is -0.148. The molecule has 4 aromatic rings. The minimum absolute atomic E-state index is 0.135. The van der Waals surface area contributed by atoms with E-state index >= 15 is 0 Å². The van der Waals surface area contributed by atoms with Gasteiger partial charge in [0.1, 0.15) is 0 Å². The van der Waals surface area contributed by atoms with Gasteiger partial charge in [-0.25, -0.2) is 4.98 Å². The Hall–Kier alpha value is -3.93. The maximum absolute atomic E-state index is 12.5. The van der Waals surface area contributed by atoms with Crippen LogP contribution in [-0.4, -0.2) is 22.0 Å². The van der Waals surface area contributed by atoms with Crippen molar-refractivity contribution in [2.24, 2.45) is 0 Å². The molecule has 1 amide bonds. The van der Waals surface area contributed by atoms with Gasteiger partial charge in [-0.2, -0.15) is 0 Å². The first-order valence-corrected chi connectivity index (χ1v) is 10.3. The maximum atomic E-state index is 12.5. The average molecular weight is 412 g/mol. The van der Waals surface area contributed by atoms with Crippen molar-refractivity contribution < 1.29 is 4.79 Å². The van der Waals surface area contributed by atoms with Crippen LogP contribution < -0.4 is 16.2 Å². The molecule has 0 fully saturated rings. The lowest BCUT2D eigenvalue weighted by Gasteiger charge is -2.10. The van der Waals surface area contributed by atoms with E-state index in [0.717, 1.165) is 24.3 Å². The van der Waals surface area contributed by atoms with Crippen LogP contribution in [0, 0.1) is 0 Å². The third-order valence-corrected chi connectivity index (χ3v) is 5.07. The van der Waals surface area contributed by atoms with Crippen molar-refractivity contribution in [1.29, 1.82) is 0 Å². The van der Waals surface area contributed by atoms with Gasteiger partial charge in [-0.05, 0) is 48.4 Å². The van der Waals surface area contributed by atoms with Crippen molar-refractivity contribution in [1.82, 2.24) is 9.55 Å². The molecule has 0 bridgehead atoms. The lowest BCUT2D eigenvalue weighted by Crippen LogP contribution is -2.23. The number of anilines is 2. The first kappa shape index (κ1) is 20.3. The molecule has 2 N–H and O–H groups in total. The first-order chi connectivity index (χ1) is 15.2. The predicted molar refractivity (Wildman–Crippen MR) is 124 cm³/mol. The maximum Gasteiger partial charge on any atom is 0.261 e. The monoisotopic (exact) mass is 412 g/mol. The van der Waals surface area contributed by atoms with Gasteiger partial charge in [0, 0.05) is 30.9 Å². The molecule has 6 nitrogen and oxygen atoms in total. The van der Waals surface area contributed by atoms with Crippen LogP contribution in [0.15, 0.2) is 90.0 Å². The van der Waals surface area contributed by atoms with Crippen LogP contribution >= 0.6 is 0 Å². The number of aromatic nitrogens is 2. The van der Waals surface area contributed by atoms with Crippen LogP contribution in [0.5, 0.6) is 0 Å². The molecule has 0 saturated carbocycles. The van der Waals surface area contributed by atoms with Gasteiger partial charge in [0.15, 0.2) is 0 Å². The standard InChI is InChI=1S/C25H24N4O2/c30-24(15-17-29-18-27-23-9-5-4-8-22(23)25(29)31)28-21-12-10-20(11-13-21)26-16-14-19-6-2-1-3-7-19/h1-13,18,26H,14-17H2,(H,28,30). The number of fused-ring (bicyclic) bond motifs is 1. The summed E-state index contributed by atoms with van der Waals surface area (Å²) >= 11 is 0. The topological polar surface area (TPSA) is 76.0 Å². The summed E-state index contributed by atoms with van der Waals surface area (Å²) in [5.41, 5.74) is 3.54. The van der Waals surface area contributed by atoms with E-state index in [4.69, 9.17) is 0 Å². The molecule has 0 aliphatic rings. The molecule has 0 radical (unpaired) electrons. The highest BCUT2D eigenvalue weighted by Crippen LogP contribution is 2.14. The number of rotatable bonds is 8. The number of carbonyl (C=O) groups is 1. The molecule has 1 aromatic heterocycles. The first-order valence-electron chi connectivity index (χ1n) is 10.3. The van der Waals surface area contributed by atoms with E-state index in [1.165, 1.54) is 16.5 Å². The number of amides is 1. The van der Waals surface area contributed by atoms with Crippen LogP contribution in [0.3, 0.4) is 0 Å². The summed E-state index contributed by atoms with van der Waals surface area (Å²) in [6.45, 7) is 1.12. The Balaban J connectivity index is 1.27. The second-order valence-electron chi connectivity index (χ2n) is 7.30. The molecule has 4 rings (SSSR count). The Kier molecular flexibility index (Phi) is 6.38. The molecule has 156 valence electrons. The number of aryl methyl sites for hydroxylation is 1. The van der Waals surface area contributed by atoms with Crippen LogP contribution in [0.2, 0.25) is 0 Å². The summed E-state index contributed by atoms with van der Waals surface area (Å²) in [7, 11) is 0. The Morgan fingerprint density at radius 1 is 0.871 bits per heavy atom. The highest BCUT2D eigenvalue weighted by Gasteiger charge is 2.07. The van der Waals surface area contributed by atoms with E-state index in [0.29, 0.717) is 10.9 Å². The zero-order valence-corrected chi connectivity index (χ0v) is 17.1. The van der Waals surface area contributed by atoms with E-state index in [2.05, 4.69) is 27.8 Å². The van der Waals surface area contributed by atoms with Crippen molar-refractivity contribution in [3.05, 3.63) is 101 Å². The summed E-state index contributed by atoms with van der Waals surface area (Å²) in [6.07, 6.45) is 2.63. The minimum atomic E-state index is -0.148. The Labute approximate surface area is 180 Å². The van der Waals surface area contributed by atoms with Gasteiger partial charge in [-0.1, -0.05) is 42.5 Å². The van der Waals surface area contributed by atoms with Gasteiger partial charge in [0.05, 0.1) is 17.2 Å². The molecule has 31 heavy (non-hydrogen) atoms. The Morgan fingerprint density at radius 2 is 1.58 bits per heavy atom. The summed E-state index contributed by atoms with van der Waals surface area (Å²) in [4.78, 5) is 29.1. The fraction of sp³-hybridized carbons (Fsp3) is 0.160. The molecule has 3 aromatic carbocycles. The van der Waals surface area contributed by atoms with Gasteiger partial charge in [-0.15, -0.1) is 0 Å². The smallest absolute Gasteiger partial charge is 0.261 e. The molecular formula is C25H24N4O2. The van der Waals surface area contributed by atoms with Crippen molar-refractivity contribution >= 4 is 28.2 Å². The highest BCUT2D eigenvalue weighted by atomic mass is 16.1. The minimum Gasteiger partial charge on any atom is -0.385 e. The van der Waals surface area contributed by atoms with Gasteiger partial charge < -0.3 is 10.6 Å². The number of nitrogens with one attached hydrogen (secondary N) is 2. The van der Waals surface area contributed by atoms with Gasteiger partial charge >= 0.3 is 0 Å². The van der Waals surface area contributed by atoms with Gasteiger partial charge in [0.2, 0.25) is 5.91 Å².